The van der Waals surface area contributed by atoms with Crippen molar-refractivity contribution in [3.05, 3.63) is 69.5 Å². The van der Waals surface area contributed by atoms with Gasteiger partial charge in [-0.2, -0.15) is 0 Å². The summed E-state index contributed by atoms with van der Waals surface area (Å²) in [5, 5.41) is 4.26. The van der Waals surface area contributed by atoms with Crippen LogP contribution < -0.4 is 15.6 Å². The molecule has 6 heteroatoms. The molecule has 0 saturated carbocycles. The van der Waals surface area contributed by atoms with Crippen molar-refractivity contribution in [1.29, 1.82) is 0 Å². The lowest BCUT2D eigenvalue weighted by atomic mass is 10.1. The molecule has 1 unspecified atom stereocenters. The van der Waals surface area contributed by atoms with Crippen molar-refractivity contribution in [2.45, 2.75) is 26.3 Å². The Morgan fingerprint density at radius 2 is 1.96 bits per heavy atom. The molecule has 0 aliphatic heterocycles. The molecule has 1 aromatic heterocycles. The number of methoxy groups -OCH3 is 1. The molecule has 0 saturated heterocycles. The van der Waals surface area contributed by atoms with Crippen LogP contribution in [0.4, 0.5) is 5.69 Å². The second-order valence-electron chi connectivity index (χ2n) is 6.32. The summed E-state index contributed by atoms with van der Waals surface area (Å²) in [6.45, 7) is 3.75. The minimum atomic E-state index is -0.684. The standard InChI is InChI=1S/C21H21ClN2O3/c1-4-17(21(26)23-15-8-5-7-14(22)12-15)24-19(25)11-13(2)16-9-6-10-18(27-3)20(16)24/h5-12,17H,4H2,1-3H3,(H,23,26). The first-order valence-electron chi connectivity index (χ1n) is 8.71. The predicted molar refractivity (Wildman–Crippen MR) is 109 cm³/mol. The third kappa shape index (κ3) is 3.69. The predicted octanol–water partition coefficient (Wildman–Crippen LogP) is 4.56. The van der Waals surface area contributed by atoms with Gasteiger partial charge < -0.3 is 10.1 Å². The van der Waals surface area contributed by atoms with E-state index < -0.39 is 6.04 Å². The molecule has 5 nitrogen and oxygen atoms in total. The van der Waals surface area contributed by atoms with E-state index in [0.29, 0.717) is 28.4 Å². The molecule has 0 aliphatic carbocycles. The van der Waals surface area contributed by atoms with Gasteiger partial charge in [0.1, 0.15) is 11.8 Å². The van der Waals surface area contributed by atoms with E-state index in [4.69, 9.17) is 16.3 Å². The monoisotopic (exact) mass is 384 g/mol. The Morgan fingerprint density at radius 1 is 1.22 bits per heavy atom. The Labute approximate surface area is 162 Å². The topological polar surface area (TPSA) is 60.3 Å². The SMILES string of the molecule is CCC(C(=O)Nc1cccc(Cl)c1)n1c(=O)cc(C)c2cccc(OC)c21. The zero-order valence-electron chi connectivity index (χ0n) is 15.5. The van der Waals surface area contributed by atoms with Crippen LogP contribution in [0.25, 0.3) is 10.9 Å². The third-order valence-corrected chi connectivity index (χ3v) is 4.79. The van der Waals surface area contributed by atoms with Crippen LogP contribution in [0.5, 0.6) is 5.75 Å². The number of hydrogen-bond acceptors (Lipinski definition) is 3. The van der Waals surface area contributed by atoms with E-state index in [1.54, 1.807) is 43.5 Å². The second kappa shape index (κ2) is 7.84. The second-order valence-corrected chi connectivity index (χ2v) is 6.75. The first kappa shape index (κ1) is 19.0. The van der Waals surface area contributed by atoms with Crippen molar-refractivity contribution in [3.8, 4) is 5.75 Å². The number of aromatic nitrogens is 1. The number of fused-ring (bicyclic) bond motifs is 1. The molecule has 1 atom stereocenters. The lowest BCUT2D eigenvalue weighted by molar-refractivity contribution is -0.119. The van der Waals surface area contributed by atoms with Gasteiger partial charge in [0.25, 0.3) is 5.56 Å². The maximum atomic E-state index is 13.0. The average Bonchev–Trinajstić information content (AvgIpc) is 2.64. The van der Waals surface area contributed by atoms with Crippen LogP contribution >= 0.6 is 11.6 Å². The van der Waals surface area contributed by atoms with Crippen LogP contribution in [-0.4, -0.2) is 17.6 Å². The highest BCUT2D eigenvalue weighted by molar-refractivity contribution is 6.30. The Kier molecular flexibility index (Phi) is 5.51. The summed E-state index contributed by atoms with van der Waals surface area (Å²) < 4.78 is 6.99. The van der Waals surface area contributed by atoms with Gasteiger partial charge in [-0.1, -0.05) is 36.7 Å². The number of ether oxygens (including phenoxy) is 1. The molecule has 0 spiro atoms. The molecule has 2 aromatic carbocycles. The molecule has 0 fully saturated rings. The van der Waals surface area contributed by atoms with Crippen molar-refractivity contribution in [3.63, 3.8) is 0 Å². The molecular weight excluding hydrogens is 364 g/mol. The molecule has 0 radical (unpaired) electrons. The number of carbonyl (C=O) groups excluding carboxylic acids is 1. The zero-order chi connectivity index (χ0) is 19.6. The van der Waals surface area contributed by atoms with Gasteiger partial charge in [-0.05, 0) is 43.2 Å². The highest BCUT2D eigenvalue weighted by Crippen LogP contribution is 2.29. The van der Waals surface area contributed by atoms with Crippen molar-refractivity contribution in [1.82, 2.24) is 4.57 Å². The minimum Gasteiger partial charge on any atom is -0.495 e. The molecule has 0 aliphatic rings. The summed E-state index contributed by atoms with van der Waals surface area (Å²) in [5.74, 6) is 0.278. The van der Waals surface area contributed by atoms with E-state index >= 15 is 0 Å². The summed E-state index contributed by atoms with van der Waals surface area (Å²) >= 11 is 6.00. The summed E-state index contributed by atoms with van der Waals surface area (Å²) in [7, 11) is 1.55. The fourth-order valence-electron chi connectivity index (χ4n) is 3.28. The van der Waals surface area contributed by atoms with Crippen LogP contribution in [0, 0.1) is 6.92 Å². The van der Waals surface area contributed by atoms with Gasteiger partial charge in [0, 0.05) is 22.2 Å². The number of halogens is 1. The van der Waals surface area contributed by atoms with Crippen LogP contribution in [0.2, 0.25) is 5.02 Å². The van der Waals surface area contributed by atoms with E-state index in [9.17, 15) is 9.59 Å². The molecule has 140 valence electrons. The number of aryl methyl sites for hydroxylation is 1. The van der Waals surface area contributed by atoms with E-state index in [-0.39, 0.29) is 11.5 Å². The molecule has 27 heavy (non-hydrogen) atoms. The normalized spacial score (nSPS) is 12.0. The average molecular weight is 385 g/mol. The largest absolute Gasteiger partial charge is 0.495 e. The Hall–Kier alpha value is -2.79. The number of hydrogen-bond donors (Lipinski definition) is 1. The summed E-state index contributed by atoms with van der Waals surface area (Å²) in [4.78, 5) is 25.8. The van der Waals surface area contributed by atoms with Gasteiger partial charge in [-0.25, -0.2) is 0 Å². The van der Waals surface area contributed by atoms with E-state index in [2.05, 4.69) is 5.32 Å². The number of rotatable bonds is 5. The van der Waals surface area contributed by atoms with Crippen LogP contribution in [0.1, 0.15) is 24.9 Å². The van der Waals surface area contributed by atoms with Crippen molar-refractivity contribution in [2.24, 2.45) is 0 Å². The lowest BCUT2D eigenvalue weighted by Crippen LogP contribution is -2.33. The van der Waals surface area contributed by atoms with Crippen LogP contribution in [0.3, 0.4) is 0 Å². The summed E-state index contributed by atoms with van der Waals surface area (Å²) in [6, 6.07) is 13.4. The fourth-order valence-corrected chi connectivity index (χ4v) is 3.47. The van der Waals surface area contributed by atoms with E-state index in [0.717, 1.165) is 10.9 Å². The molecule has 0 bridgehead atoms. The van der Waals surface area contributed by atoms with Gasteiger partial charge in [-0.15, -0.1) is 0 Å². The summed E-state index contributed by atoms with van der Waals surface area (Å²) in [6.07, 6.45) is 0.447. The molecule has 1 heterocycles. The van der Waals surface area contributed by atoms with Gasteiger partial charge >= 0.3 is 0 Å². The highest BCUT2D eigenvalue weighted by Gasteiger charge is 2.24. The molecule has 1 N–H and O–H groups in total. The Bertz CT molecular complexity index is 1060. The Morgan fingerprint density at radius 3 is 2.63 bits per heavy atom. The van der Waals surface area contributed by atoms with E-state index in [1.807, 2.05) is 26.0 Å². The number of amides is 1. The molecule has 3 aromatic rings. The van der Waals surface area contributed by atoms with Crippen molar-refractivity contribution in [2.75, 3.05) is 12.4 Å². The van der Waals surface area contributed by atoms with Crippen LogP contribution in [-0.2, 0) is 4.79 Å². The third-order valence-electron chi connectivity index (χ3n) is 4.56. The molecule has 1 amide bonds. The highest BCUT2D eigenvalue weighted by atomic mass is 35.5. The van der Waals surface area contributed by atoms with Gasteiger partial charge in [0.15, 0.2) is 0 Å². The quantitative estimate of drug-likeness (QED) is 0.701. The summed E-state index contributed by atoms with van der Waals surface area (Å²) in [5.41, 5.74) is 1.81. The van der Waals surface area contributed by atoms with Crippen molar-refractivity contribution >= 4 is 34.1 Å². The maximum Gasteiger partial charge on any atom is 0.252 e. The zero-order valence-corrected chi connectivity index (χ0v) is 16.2. The number of anilines is 1. The number of nitrogens with one attached hydrogen (secondary N) is 1. The number of pyridine rings is 1. The fraction of sp³-hybridized carbons (Fsp3) is 0.238. The first-order valence-corrected chi connectivity index (χ1v) is 9.09. The van der Waals surface area contributed by atoms with Gasteiger partial charge in [0.05, 0.1) is 12.6 Å². The van der Waals surface area contributed by atoms with Crippen molar-refractivity contribution < 1.29 is 9.53 Å². The number of nitrogens with zero attached hydrogens (tertiary/aromatic N) is 1. The molecular formula is C21H21ClN2O3. The lowest BCUT2D eigenvalue weighted by Gasteiger charge is -2.22. The number of carbonyl (C=O) groups is 1. The smallest absolute Gasteiger partial charge is 0.252 e. The molecule has 3 rings (SSSR count). The first-order chi connectivity index (χ1) is 13.0. The Balaban J connectivity index is 2.14. The van der Waals surface area contributed by atoms with Gasteiger partial charge in [0.2, 0.25) is 5.91 Å². The van der Waals surface area contributed by atoms with Crippen LogP contribution in [0.15, 0.2) is 53.3 Å². The number of benzene rings is 2. The number of para-hydroxylation sites is 1. The van der Waals surface area contributed by atoms with E-state index in [1.165, 1.54) is 4.57 Å². The minimum absolute atomic E-state index is 0.238. The van der Waals surface area contributed by atoms with Gasteiger partial charge in [-0.3, -0.25) is 14.2 Å². The maximum absolute atomic E-state index is 13.0.